The third kappa shape index (κ3) is 2.79. The minimum Gasteiger partial charge on any atom is -0.219 e. The van der Waals surface area contributed by atoms with Crippen LogP contribution < -0.4 is 0 Å². The van der Waals surface area contributed by atoms with E-state index in [2.05, 4.69) is 29.8 Å². The second-order valence-corrected chi connectivity index (χ2v) is 8.22. The predicted molar refractivity (Wildman–Crippen MR) is 82.1 cm³/mol. The quantitative estimate of drug-likeness (QED) is 0.775. The fourth-order valence-corrected chi connectivity index (χ4v) is 4.81. The van der Waals surface area contributed by atoms with Gasteiger partial charge in [-0.3, -0.25) is 0 Å². The van der Waals surface area contributed by atoms with Crippen LogP contribution >= 0.6 is 15.9 Å². The molecule has 1 aromatic carbocycles. The molecule has 0 amide bonds. The molecule has 1 aromatic rings. The van der Waals surface area contributed by atoms with E-state index < -0.39 is 9.84 Å². The highest BCUT2D eigenvalue weighted by molar-refractivity contribution is 9.09. The number of aryl methyl sites for hydroxylation is 1. The zero-order valence-electron chi connectivity index (χ0n) is 11.5. The first kappa shape index (κ1) is 14.8. The largest absolute Gasteiger partial charge is 0.219 e. The van der Waals surface area contributed by atoms with Crippen LogP contribution in [0.5, 0.6) is 0 Å². The summed E-state index contributed by atoms with van der Waals surface area (Å²) < 4.78 is 24.7. The summed E-state index contributed by atoms with van der Waals surface area (Å²) in [6, 6.07) is 7.02. The second kappa shape index (κ2) is 5.06. The Morgan fingerprint density at radius 2 is 1.89 bits per heavy atom. The summed E-state index contributed by atoms with van der Waals surface area (Å²) in [5.41, 5.74) is 2.06. The molecule has 0 aromatic heterocycles. The standard InChI is InChI=1S/C15H19BrO2S/c1-11-4-6-14(7-5-11)19(17,18)10-13-8-12(9-16)15(13,2)3/h4-7,10,12H,8-9H2,1-3H3. The normalized spacial score (nSPS) is 24.2. The van der Waals surface area contributed by atoms with E-state index in [1.165, 1.54) is 5.41 Å². The minimum absolute atomic E-state index is 0.0265. The molecule has 2 rings (SSSR count). The Bertz CT molecular complexity index is 598. The molecular formula is C15H19BrO2S. The summed E-state index contributed by atoms with van der Waals surface area (Å²) >= 11 is 3.49. The molecule has 1 unspecified atom stereocenters. The van der Waals surface area contributed by atoms with Crippen LogP contribution in [0.15, 0.2) is 40.1 Å². The molecule has 1 atom stereocenters. The van der Waals surface area contributed by atoms with Gasteiger partial charge in [-0.15, -0.1) is 0 Å². The van der Waals surface area contributed by atoms with Crippen LogP contribution in [0.25, 0.3) is 0 Å². The smallest absolute Gasteiger partial charge is 0.199 e. The van der Waals surface area contributed by atoms with Crippen molar-refractivity contribution in [1.82, 2.24) is 0 Å². The fraction of sp³-hybridized carbons (Fsp3) is 0.467. The first-order valence-corrected chi connectivity index (χ1v) is 9.03. The molecule has 1 fully saturated rings. The van der Waals surface area contributed by atoms with Crippen molar-refractivity contribution in [3.63, 3.8) is 0 Å². The van der Waals surface area contributed by atoms with Crippen molar-refractivity contribution >= 4 is 25.8 Å². The van der Waals surface area contributed by atoms with Gasteiger partial charge in [0.1, 0.15) is 0 Å². The van der Waals surface area contributed by atoms with Crippen molar-refractivity contribution in [3.05, 3.63) is 40.8 Å². The number of benzene rings is 1. The lowest BCUT2D eigenvalue weighted by Crippen LogP contribution is -2.39. The summed E-state index contributed by atoms with van der Waals surface area (Å²) in [4.78, 5) is 0.378. The summed E-state index contributed by atoms with van der Waals surface area (Å²) in [5.74, 6) is 0.520. The van der Waals surface area contributed by atoms with Crippen molar-refractivity contribution in [2.75, 3.05) is 5.33 Å². The van der Waals surface area contributed by atoms with Gasteiger partial charge in [-0.2, -0.15) is 0 Å². The van der Waals surface area contributed by atoms with Crippen molar-refractivity contribution in [3.8, 4) is 0 Å². The van der Waals surface area contributed by atoms with E-state index in [1.807, 2.05) is 19.1 Å². The van der Waals surface area contributed by atoms with Crippen molar-refractivity contribution in [1.29, 1.82) is 0 Å². The maximum absolute atomic E-state index is 12.3. The minimum atomic E-state index is -3.32. The average molecular weight is 343 g/mol. The van der Waals surface area contributed by atoms with Crippen molar-refractivity contribution in [2.45, 2.75) is 32.1 Å². The molecule has 0 spiro atoms. The summed E-state index contributed by atoms with van der Waals surface area (Å²) in [5, 5.41) is 2.39. The van der Waals surface area contributed by atoms with Gasteiger partial charge in [0.2, 0.25) is 0 Å². The van der Waals surface area contributed by atoms with Crippen LogP contribution in [0.1, 0.15) is 25.8 Å². The number of sulfone groups is 1. The molecule has 0 heterocycles. The van der Waals surface area contributed by atoms with Gasteiger partial charge in [0.25, 0.3) is 0 Å². The Balaban J connectivity index is 2.31. The third-order valence-corrected chi connectivity index (χ3v) is 6.45. The van der Waals surface area contributed by atoms with E-state index in [4.69, 9.17) is 0 Å². The highest BCUT2D eigenvalue weighted by atomic mass is 79.9. The average Bonchev–Trinajstić information content (AvgIpc) is 2.34. The van der Waals surface area contributed by atoms with Gasteiger partial charge in [0, 0.05) is 10.7 Å². The molecule has 4 heteroatoms. The van der Waals surface area contributed by atoms with Crippen LogP contribution in [-0.2, 0) is 9.84 Å². The number of rotatable bonds is 3. The SMILES string of the molecule is Cc1ccc(S(=O)(=O)C=C2CC(CBr)C2(C)C)cc1. The topological polar surface area (TPSA) is 34.1 Å². The molecule has 104 valence electrons. The lowest BCUT2D eigenvalue weighted by Gasteiger charge is -2.46. The lowest BCUT2D eigenvalue weighted by molar-refractivity contribution is 0.194. The van der Waals surface area contributed by atoms with E-state index in [0.29, 0.717) is 10.8 Å². The molecule has 0 bridgehead atoms. The summed E-state index contributed by atoms with van der Waals surface area (Å²) in [6.07, 6.45) is 0.864. The van der Waals surface area contributed by atoms with E-state index in [1.54, 1.807) is 12.1 Å². The van der Waals surface area contributed by atoms with Gasteiger partial charge in [-0.25, -0.2) is 8.42 Å². The fourth-order valence-electron chi connectivity index (χ4n) is 2.35. The number of hydrogen-bond acceptors (Lipinski definition) is 2. The van der Waals surface area contributed by atoms with Gasteiger partial charge in [0.05, 0.1) is 4.90 Å². The molecule has 1 aliphatic carbocycles. The Morgan fingerprint density at radius 3 is 2.37 bits per heavy atom. The lowest BCUT2D eigenvalue weighted by atomic mass is 9.60. The number of halogens is 1. The first-order chi connectivity index (χ1) is 8.77. The third-order valence-electron chi connectivity index (χ3n) is 4.15. The van der Waals surface area contributed by atoms with E-state index >= 15 is 0 Å². The first-order valence-electron chi connectivity index (χ1n) is 6.36. The Morgan fingerprint density at radius 1 is 1.32 bits per heavy atom. The number of hydrogen-bond donors (Lipinski definition) is 0. The molecular weight excluding hydrogens is 324 g/mol. The number of alkyl halides is 1. The Labute approximate surface area is 124 Å². The summed E-state index contributed by atoms with van der Waals surface area (Å²) in [6.45, 7) is 6.17. The van der Waals surface area contributed by atoms with Gasteiger partial charge < -0.3 is 0 Å². The molecule has 0 saturated heterocycles. The zero-order chi connectivity index (χ0) is 14.3. The molecule has 19 heavy (non-hydrogen) atoms. The zero-order valence-corrected chi connectivity index (χ0v) is 13.9. The second-order valence-electron chi connectivity index (χ2n) is 5.78. The Kier molecular flexibility index (Phi) is 3.94. The monoisotopic (exact) mass is 342 g/mol. The predicted octanol–water partition coefficient (Wildman–Crippen LogP) is 4.09. The van der Waals surface area contributed by atoms with Gasteiger partial charge in [-0.05, 0) is 36.8 Å². The van der Waals surface area contributed by atoms with Crippen LogP contribution in [0.4, 0.5) is 0 Å². The molecule has 0 aliphatic heterocycles. The molecule has 0 N–H and O–H groups in total. The highest BCUT2D eigenvalue weighted by Gasteiger charge is 2.43. The maximum Gasteiger partial charge on any atom is 0.199 e. The van der Waals surface area contributed by atoms with Crippen LogP contribution in [0.3, 0.4) is 0 Å². The van der Waals surface area contributed by atoms with E-state index in [0.717, 1.165) is 22.9 Å². The molecule has 2 nitrogen and oxygen atoms in total. The van der Waals surface area contributed by atoms with Crippen LogP contribution in [0, 0.1) is 18.3 Å². The van der Waals surface area contributed by atoms with Crippen molar-refractivity contribution in [2.24, 2.45) is 11.3 Å². The van der Waals surface area contributed by atoms with E-state index in [-0.39, 0.29) is 5.41 Å². The van der Waals surface area contributed by atoms with Gasteiger partial charge >= 0.3 is 0 Å². The van der Waals surface area contributed by atoms with Crippen molar-refractivity contribution < 1.29 is 8.42 Å². The van der Waals surface area contributed by atoms with Gasteiger partial charge in [0.15, 0.2) is 9.84 Å². The van der Waals surface area contributed by atoms with E-state index in [9.17, 15) is 8.42 Å². The Hall–Kier alpha value is -0.610. The summed E-state index contributed by atoms with van der Waals surface area (Å²) in [7, 11) is -3.32. The highest BCUT2D eigenvalue weighted by Crippen LogP contribution is 2.52. The van der Waals surface area contributed by atoms with Crippen LogP contribution in [0.2, 0.25) is 0 Å². The number of allylic oxidation sites excluding steroid dienone is 1. The van der Waals surface area contributed by atoms with Gasteiger partial charge in [-0.1, -0.05) is 53.0 Å². The van der Waals surface area contributed by atoms with Crippen LogP contribution in [-0.4, -0.2) is 13.7 Å². The molecule has 0 radical (unpaired) electrons. The molecule has 1 saturated carbocycles. The molecule has 1 aliphatic rings. The maximum atomic E-state index is 12.3.